The normalized spacial score (nSPS) is 15.0. The predicted molar refractivity (Wildman–Crippen MR) is 125 cm³/mol. The van der Waals surface area contributed by atoms with E-state index in [4.69, 9.17) is 26.0 Å². The van der Waals surface area contributed by atoms with E-state index in [2.05, 4.69) is 15.9 Å². The maximum Gasteiger partial charge on any atom is 0.310 e. The maximum absolute atomic E-state index is 12.2. The minimum atomic E-state index is -2.53. The Morgan fingerprint density at radius 1 is 0.967 bits per heavy atom. The van der Waals surface area contributed by atoms with Crippen LogP contribution in [0.4, 0.5) is 11.4 Å². The van der Waals surface area contributed by atoms with E-state index in [-0.39, 0.29) is 12.4 Å². The second kappa shape index (κ2) is 9.54. The zero-order valence-electron chi connectivity index (χ0n) is 17.5. The summed E-state index contributed by atoms with van der Waals surface area (Å²) in [7, 11) is 3.28. The number of nitrogens with zero attached hydrogens (tertiary/aromatic N) is 2. The fraction of sp³-hybridized carbons (Fsp3) is 0.318. The van der Waals surface area contributed by atoms with E-state index in [9.17, 15) is 4.79 Å². The van der Waals surface area contributed by atoms with Crippen molar-refractivity contribution in [2.75, 3.05) is 43.3 Å². The lowest BCUT2D eigenvalue weighted by atomic mass is 10.3. The lowest BCUT2D eigenvalue weighted by Crippen LogP contribution is -2.21. The molecule has 0 aromatic heterocycles. The van der Waals surface area contributed by atoms with Gasteiger partial charge >= 0.3 is 5.97 Å². The highest BCUT2D eigenvalue weighted by molar-refractivity contribution is 8.18. The molecule has 0 aliphatic carbocycles. The summed E-state index contributed by atoms with van der Waals surface area (Å²) in [5.41, 5.74) is 1.97. The van der Waals surface area contributed by atoms with Gasteiger partial charge in [0.05, 0.1) is 27.2 Å². The Hall–Kier alpha value is -2.50. The molecular weight excluding hydrogens is 419 g/mol. The van der Waals surface area contributed by atoms with Crippen LogP contribution in [0.15, 0.2) is 60.4 Å². The summed E-state index contributed by atoms with van der Waals surface area (Å²) in [5.74, 6) is 1.26. The van der Waals surface area contributed by atoms with E-state index in [0.29, 0.717) is 11.9 Å². The summed E-state index contributed by atoms with van der Waals surface area (Å²) in [6, 6.07) is 15.6. The first-order valence-corrected chi connectivity index (χ1v) is 12.4. The van der Waals surface area contributed by atoms with Gasteiger partial charge in [0.15, 0.2) is 0 Å². The van der Waals surface area contributed by atoms with Gasteiger partial charge in [-0.3, -0.25) is 4.79 Å². The zero-order chi connectivity index (χ0) is 21.7. The van der Waals surface area contributed by atoms with Crippen molar-refractivity contribution in [3.8, 4) is 11.5 Å². The van der Waals surface area contributed by atoms with Crippen LogP contribution in [0, 0.1) is 0 Å². The Balaban J connectivity index is 2.00. The van der Waals surface area contributed by atoms with Crippen molar-refractivity contribution in [1.29, 1.82) is 0 Å². The minimum Gasteiger partial charge on any atom is -0.497 e. The van der Waals surface area contributed by atoms with Crippen LogP contribution in [0.1, 0.15) is 13.3 Å². The number of carbonyl (C=O) groups excluding carboxylic acids is 1. The Kier molecular flexibility index (Phi) is 7.06. The van der Waals surface area contributed by atoms with Crippen molar-refractivity contribution in [2.24, 2.45) is 0 Å². The summed E-state index contributed by atoms with van der Waals surface area (Å²) in [4.78, 5) is 12.2. The molecule has 30 heavy (non-hydrogen) atoms. The van der Waals surface area contributed by atoms with Gasteiger partial charge in [0, 0.05) is 29.8 Å². The molecular formula is C22H27N2O4PS. The van der Waals surface area contributed by atoms with Crippen LogP contribution in [0.25, 0.3) is 0 Å². The van der Waals surface area contributed by atoms with Gasteiger partial charge in [-0.25, -0.2) is 0 Å². The molecule has 0 saturated carbocycles. The number of benzene rings is 2. The first-order valence-electron chi connectivity index (χ1n) is 9.72. The number of hydrogen-bond acceptors (Lipinski definition) is 5. The predicted octanol–water partition coefficient (Wildman–Crippen LogP) is 4.81. The van der Waals surface area contributed by atoms with Gasteiger partial charge in [-0.15, -0.1) is 0 Å². The molecule has 6 nitrogen and oxygen atoms in total. The van der Waals surface area contributed by atoms with Crippen LogP contribution in [0.3, 0.4) is 0 Å². The Morgan fingerprint density at radius 2 is 1.40 bits per heavy atom. The summed E-state index contributed by atoms with van der Waals surface area (Å²) in [6.45, 7) is 7.86. The molecule has 1 aliphatic heterocycles. The zero-order valence-corrected chi connectivity index (χ0v) is 19.2. The van der Waals surface area contributed by atoms with Crippen molar-refractivity contribution < 1.29 is 19.0 Å². The van der Waals surface area contributed by atoms with Crippen LogP contribution in [-0.4, -0.2) is 39.9 Å². The van der Waals surface area contributed by atoms with Crippen molar-refractivity contribution in [1.82, 2.24) is 0 Å². The lowest BCUT2D eigenvalue weighted by molar-refractivity contribution is -0.142. The molecule has 1 fully saturated rings. The molecule has 1 aliphatic rings. The first kappa shape index (κ1) is 22.2. The quantitative estimate of drug-likeness (QED) is 0.426. The van der Waals surface area contributed by atoms with Gasteiger partial charge in [0.1, 0.15) is 17.8 Å². The van der Waals surface area contributed by atoms with Crippen LogP contribution >= 0.6 is 6.34 Å². The molecule has 0 N–H and O–H groups in total. The molecule has 0 spiro atoms. The summed E-state index contributed by atoms with van der Waals surface area (Å²) in [6.07, 6.45) is -2.43. The van der Waals surface area contributed by atoms with E-state index < -0.39 is 6.34 Å². The lowest BCUT2D eigenvalue weighted by Gasteiger charge is -2.37. The number of ether oxygens (including phenoxy) is 3. The van der Waals surface area contributed by atoms with Gasteiger partial charge in [0.2, 0.25) is 0 Å². The molecule has 0 amide bonds. The summed E-state index contributed by atoms with van der Waals surface area (Å²) >= 11 is 6.31. The van der Waals surface area contributed by atoms with Crippen LogP contribution < -0.4 is 18.8 Å². The SMILES string of the molecule is C=C(CC(=O)OCC)P1(=S)N(c2ccc(OC)cc2)CCN1c1ccc(OC)cc1. The van der Waals surface area contributed by atoms with Crippen LogP contribution in [0.5, 0.6) is 11.5 Å². The standard InChI is InChI=1S/C22H27N2O4PS/c1-5-28-22(25)16-17(2)29(30)23(18-6-10-20(26-3)11-7-18)14-15-24(29)19-8-12-21(27-4)13-9-19/h6-13H,2,5,14-16H2,1,3-4H3. The van der Waals surface area contributed by atoms with Crippen molar-refractivity contribution >= 4 is 35.5 Å². The fourth-order valence-corrected chi connectivity index (χ4v) is 7.64. The first-order chi connectivity index (χ1) is 14.4. The second-order valence-electron chi connectivity index (χ2n) is 6.73. The number of hydrogen-bond donors (Lipinski definition) is 0. The molecule has 160 valence electrons. The van der Waals surface area contributed by atoms with E-state index in [0.717, 1.165) is 36.0 Å². The van der Waals surface area contributed by atoms with Crippen LogP contribution in [0.2, 0.25) is 0 Å². The van der Waals surface area contributed by atoms with Gasteiger partial charge in [-0.2, -0.15) is 0 Å². The average Bonchev–Trinajstić information content (AvgIpc) is 3.12. The van der Waals surface area contributed by atoms with E-state index in [1.807, 2.05) is 48.5 Å². The molecule has 2 aromatic rings. The Bertz CT molecular complexity index is 887. The van der Waals surface area contributed by atoms with Gasteiger partial charge < -0.3 is 23.6 Å². The van der Waals surface area contributed by atoms with E-state index >= 15 is 0 Å². The Morgan fingerprint density at radius 3 is 1.77 bits per heavy atom. The molecule has 0 unspecified atom stereocenters. The maximum atomic E-state index is 12.2. The second-order valence-corrected chi connectivity index (χ2v) is 10.9. The molecule has 8 heteroatoms. The number of rotatable bonds is 8. The fourth-order valence-electron chi connectivity index (χ4n) is 3.49. The highest BCUT2D eigenvalue weighted by Crippen LogP contribution is 2.66. The Labute approximate surface area is 183 Å². The average molecular weight is 447 g/mol. The highest BCUT2D eigenvalue weighted by atomic mass is 32.4. The van der Waals surface area contributed by atoms with Gasteiger partial charge in [-0.1, -0.05) is 6.58 Å². The topological polar surface area (TPSA) is 51.2 Å². The number of anilines is 2. The van der Waals surface area contributed by atoms with Crippen LogP contribution in [-0.2, 0) is 21.3 Å². The third kappa shape index (κ3) is 4.32. The molecule has 3 rings (SSSR count). The largest absolute Gasteiger partial charge is 0.497 e. The molecule has 0 bridgehead atoms. The molecule has 0 radical (unpaired) electrons. The van der Waals surface area contributed by atoms with Crippen molar-refractivity contribution in [2.45, 2.75) is 13.3 Å². The van der Waals surface area contributed by atoms with E-state index in [1.54, 1.807) is 21.1 Å². The summed E-state index contributed by atoms with van der Waals surface area (Å²) < 4.78 is 20.1. The van der Waals surface area contributed by atoms with Crippen molar-refractivity contribution in [3.63, 3.8) is 0 Å². The monoisotopic (exact) mass is 446 g/mol. The number of carbonyl (C=O) groups is 1. The molecule has 1 heterocycles. The van der Waals surface area contributed by atoms with Gasteiger partial charge in [-0.05, 0) is 67.3 Å². The minimum absolute atomic E-state index is 0.102. The third-order valence-corrected chi connectivity index (χ3v) is 10.1. The molecule has 1 saturated heterocycles. The third-order valence-electron chi connectivity index (χ3n) is 4.98. The molecule has 2 aromatic carbocycles. The highest BCUT2D eigenvalue weighted by Gasteiger charge is 2.41. The smallest absolute Gasteiger partial charge is 0.310 e. The summed E-state index contributed by atoms with van der Waals surface area (Å²) in [5, 5.41) is 0.708. The number of esters is 1. The van der Waals surface area contributed by atoms with Gasteiger partial charge in [0.25, 0.3) is 0 Å². The van der Waals surface area contributed by atoms with E-state index in [1.165, 1.54) is 0 Å². The number of methoxy groups -OCH3 is 2. The molecule has 0 atom stereocenters. The van der Waals surface area contributed by atoms with Crippen molar-refractivity contribution in [3.05, 3.63) is 60.4 Å².